The highest BCUT2D eigenvalue weighted by atomic mass is 79.9. The van der Waals surface area contributed by atoms with Crippen molar-refractivity contribution in [2.45, 2.75) is 0 Å². The van der Waals surface area contributed by atoms with Gasteiger partial charge in [-0.3, -0.25) is 0 Å². The molecule has 4 heteroatoms. The summed E-state index contributed by atoms with van der Waals surface area (Å²) in [6.45, 7) is 0. The zero-order valence-corrected chi connectivity index (χ0v) is 18.6. The van der Waals surface area contributed by atoms with Gasteiger partial charge in [0.25, 0.3) is 0 Å². The highest BCUT2D eigenvalue weighted by Crippen LogP contribution is 2.36. The molecule has 0 aliphatic carbocycles. The highest BCUT2D eigenvalue weighted by molar-refractivity contribution is 9.10. The summed E-state index contributed by atoms with van der Waals surface area (Å²) in [6.07, 6.45) is 0. The third-order valence-corrected chi connectivity index (χ3v) is 6.05. The number of rotatable bonds is 3. The average molecular weight is 477 g/mol. The molecule has 0 saturated carbocycles. The van der Waals surface area contributed by atoms with Gasteiger partial charge in [0.15, 0.2) is 5.82 Å². The lowest BCUT2D eigenvalue weighted by Crippen LogP contribution is -1.96. The maximum atomic E-state index is 6.28. The van der Waals surface area contributed by atoms with E-state index in [0.717, 1.165) is 54.5 Å². The minimum atomic E-state index is 0.686. The molecule has 0 fully saturated rings. The maximum Gasteiger partial charge on any atom is 0.160 e. The Bertz CT molecular complexity index is 1590. The Morgan fingerprint density at radius 2 is 1.31 bits per heavy atom. The molecule has 2 heterocycles. The molecule has 0 unspecified atom stereocenters. The van der Waals surface area contributed by atoms with E-state index in [1.165, 1.54) is 0 Å². The van der Waals surface area contributed by atoms with Crippen LogP contribution in [0.15, 0.2) is 112 Å². The number of fused-ring (bicyclic) bond motifs is 3. The van der Waals surface area contributed by atoms with E-state index >= 15 is 0 Å². The minimum Gasteiger partial charge on any atom is -0.455 e. The predicted molar refractivity (Wildman–Crippen MR) is 133 cm³/mol. The molecule has 3 nitrogen and oxygen atoms in total. The van der Waals surface area contributed by atoms with Crippen LogP contribution in [-0.2, 0) is 0 Å². The summed E-state index contributed by atoms with van der Waals surface area (Å²) in [7, 11) is 0. The first-order valence-electron chi connectivity index (χ1n) is 10.4. The van der Waals surface area contributed by atoms with Crippen LogP contribution < -0.4 is 0 Å². The standard InChI is InChI=1S/C28H17BrN2O/c29-20-11-6-10-19(16-20)24-17-25(31-28(30-24)18-8-2-1-3-9-18)23-14-7-13-22-21-12-4-5-15-26(21)32-27(22)23/h1-17H. The van der Waals surface area contributed by atoms with E-state index in [-0.39, 0.29) is 0 Å². The van der Waals surface area contributed by atoms with Gasteiger partial charge in [0, 0.05) is 31.9 Å². The van der Waals surface area contributed by atoms with Crippen LogP contribution in [0.4, 0.5) is 0 Å². The van der Waals surface area contributed by atoms with Gasteiger partial charge in [0.2, 0.25) is 0 Å². The average Bonchev–Trinajstić information content (AvgIpc) is 3.23. The van der Waals surface area contributed by atoms with Crippen LogP contribution in [0.25, 0.3) is 55.8 Å². The Morgan fingerprint density at radius 3 is 2.19 bits per heavy atom. The van der Waals surface area contributed by atoms with E-state index in [1.54, 1.807) is 0 Å². The van der Waals surface area contributed by atoms with Crippen molar-refractivity contribution in [2.75, 3.05) is 0 Å². The van der Waals surface area contributed by atoms with E-state index in [1.807, 2.05) is 66.7 Å². The van der Waals surface area contributed by atoms with Gasteiger partial charge in [-0.05, 0) is 30.3 Å². The number of benzene rings is 4. The summed E-state index contributed by atoms with van der Waals surface area (Å²) in [6, 6.07) is 34.6. The molecule has 152 valence electrons. The van der Waals surface area contributed by atoms with Gasteiger partial charge in [-0.2, -0.15) is 0 Å². The Balaban J connectivity index is 1.63. The van der Waals surface area contributed by atoms with Crippen molar-refractivity contribution >= 4 is 37.9 Å². The summed E-state index contributed by atoms with van der Waals surface area (Å²) >= 11 is 3.58. The van der Waals surface area contributed by atoms with Crippen LogP contribution in [0.1, 0.15) is 0 Å². The van der Waals surface area contributed by atoms with Crippen molar-refractivity contribution in [3.05, 3.63) is 108 Å². The van der Waals surface area contributed by atoms with Gasteiger partial charge < -0.3 is 4.42 Å². The Kier molecular flexibility index (Phi) is 4.58. The van der Waals surface area contributed by atoms with Gasteiger partial charge in [0.1, 0.15) is 11.2 Å². The fourth-order valence-corrected chi connectivity index (χ4v) is 4.45. The molecule has 0 aliphatic rings. The SMILES string of the molecule is Brc1cccc(-c2cc(-c3cccc4c3oc3ccccc34)nc(-c3ccccc3)n2)c1. The third kappa shape index (κ3) is 3.29. The smallest absolute Gasteiger partial charge is 0.160 e. The minimum absolute atomic E-state index is 0.686. The van der Waals surface area contributed by atoms with Gasteiger partial charge in [-0.1, -0.05) is 88.7 Å². The number of hydrogen-bond donors (Lipinski definition) is 0. The molecule has 0 atom stereocenters. The summed E-state index contributed by atoms with van der Waals surface area (Å²) in [5.74, 6) is 0.686. The van der Waals surface area contributed by atoms with E-state index < -0.39 is 0 Å². The first-order valence-corrected chi connectivity index (χ1v) is 11.2. The molecule has 2 aromatic heterocycles. The van der Waals surface area contributed by atoms with Crippen LogP contribution in [-0.4, -0.2) is 9.97 Å². The Labute approximate surface area is 193 Å². The second-order valence-electron chi connectivity index (χ2n) is 7.62. The van der Waals surface area contributed by atoms with E-state index in [9.17, 15) is 0 Å². The van der Waals surface area contributed by atoms with E-state index in [4.69, 9.17) is 14.4 Å². The number of para-hydroxylation sites is 2. The van der Waals surface area contributed by atoms with E-state index in [0.29, 0.717) is 5.82 Å². The first kappa shape index (κ1) is 19.0. The van der Waals surface area contributed by atoms with Gasteiger partial charge >= 0.3 is 0 Å². The zero-order valence-electron chi connectivity index (χ0n) is 17.0. The Morgan fingerprint density at radius 1 is 0.594 bits per heavy atom. The summed E-state index contributed by atoms with van der Waals surface area (Å²) in [5.41, 5.74) is 6.36. The van der Waals surface area contributed by atoms with Gasteiger partial charge in [0.05, 0.1) is 11.4 Å². The summed E-state index contributed by atoms with van der Waals surface area (Å²) in [4.78, 5) is 9.86. The van der Waals surface area contributed by atoms with E-state index in [2.05, 4.69) is 52.3 Å². The largest absolute Gasteiger partial charge is 0.455 e. The van der Waals surface area contributed by atoms with Crippen LogP contribution in [0.5, 0.6) is 0 Å². The topological polar surface area (TPSA) is 38.9 Å². The molecule has 4 aromatic carbocycles. The Hall–Kier alpha value is -3.76. The number of hydrogen-bond acceptors (Lipinski definition) is 3. The fraction of sp³-hybridized carbons (Fsp3) is 0. The van der Waals surface area contributed by atoms with Crippen molar-refractivity contribution in [3.8, 4) is 33.9 Å². The van der Waals surface area contributed by atoms with Crippen molar-refractivity contribution in [1.82, 2.24) is 9.97 Å². The molecule has 6 aromatic rings. The lowest BCUT2D eigenvalue weighted by molar-refractivity contribution is 0.670. The highest BCUT2D eigenvalue weighted by Gasteiger charge is 2.16. The van der Waals surface area contributed by atoms with Crippen molar-refractivity contribution in [3.63, 3.8) is 0 Å². The second-order valence-corrected chi connectivity index (χ2v) is 8.53. The molecule has 32 heavy (non-hydrogen) atoms. The molecule has 0 amide bonds. The molecule has 0 N–H and O–H groups in total. The quantitative estimate of drug-likeness (QED) is 0.258. The monoisotopic (exact) mass is 476 g/mol. The number of nitrogens with zero attached hydrogens (tertiary/aromatic N) is 2. The van der Waals surface area contributed by atoms with Crippen molar-refractivity contribution in [1.29, 1.82) is 0 Å². The molecule has 6 rings (SSSR count). The fourth-order valence-electron chi connectivity index (χ4n) is 4.05. The number of halogens is 1. The van der Waals surface area contributed by atoms with Crippen LogP contribution in [0.3, 0.4) is 0 Å². The van der Waals surface area contributed by atoms with Crippen LogP contribution in [0.2, 0.25) is 0 Å². The normalized spacial score (nSPS) is 11.3. The molecule has 0 aliphatic heterocycles. The zero-order chi connectivity index (χ0) is 21.5. The molecule has 0 radical (unpaired) electrons. The summed E-state index contributed by atoms with van der Waals surface area (Å²) < 4.78 is 7.29. The van der Waals surface area contributed by atoms with Crippen LogP contribution >= 0.6 is 15.9 Å². The molecule has 0 spiro atoms. The second kappa shape index (κ2) is 7.74. The lowest BCUT2D eigenvalue weighted by Gasteiger charge is -2.10. The number of furan rings is 1. The lowest BCUT2D eigenvalue weighted by atomic mass is 10.0. The predicted octanol–water partition coefficient (Wildman–Crippen LogP) is 8.14. The molecule has 0 saturated heterocycles. The van der Waals surface area contributed by atoms with Crippen molar-refractivity contribution in [2.24, 2.45) is 0 Å². The number of aromatic nitrogens is 2. The van der Waals surface area contributed by atoms with Crippen LogP contribution in [0, 0.1) is 0 Å². The maximum absolute atomic E-state index is 6.28. The summed E-state index contributed by atoms with van der Waals surface area (Å²) in [5, 5.41) is 2.19. The molecular weight excluding hydrogens is 460 g/mol. The first-order chi connectivity index (χ1) is 15.8. The third-order valence-electron chi connectivity index (χ3n) is 5.56. The molecular formula is C28H17BrN2O. The van der Waals surface area contributed by atoms with Gasteiger partial charge in [-0.15, -0.1) is 0 Å². The van der Waals surface area contributed by atoms with Gasteiger partial charge in [-0.25, -0.2) is 9.97 Å². The van der Waals surface area contributed by atoms with Crippen molar-refractivity contribution < 1.29 is 4.42 Å². The molecule has 0 bridgehead atoms.